The fourth-order valence-corrected chi connectivity index (χ4v) is 6.52. The van der Waals surface area contributed by atoms with Gasteiger partial charge in [0.15, 0.2) is 0 Å². The van der Waals surface area contributed by atoms with Gasteiger partial charge in [-0.3, -0.25) is 4.79 Å². The van der Waals surface area contributed by atoms with E-state index in [0.717, 1.165) is 24.7 Å². The van der Waals surface area contributed by atoms with Crippen LogP contribution in [0, 0.1) is 28.6 Å². The highest BCUT2D eigenvalue weighted by Gasteiger charge is 2.53. The third-order valence-electron chi connectivity index (χ3n) is 7.88. The van der Waals surface area contributed by atoms with Crippen LogP contribution in [0.15, 0.2) is 11.1 Å². The predicted octanol–water partition coefficient (Wildman–Crippen LogP) is 5.30. The molecule has 0 aromatic heterocycles. The molecule has 0 aromatic carbocycles. The molecule has 4 rings (SSSR count). The van der Waals surface area contributed by atoms with Gasteiger partial charge in [0.25, 0.3) is 0 Å². The fourth-order valence-electron chi connectivity index (χ4n) is 6.52. The summed E-state index contributed by atoms with van der Waals surface area (Å²) in [5.74, 6) is 2.96. The van der Waals surface area contributed by atoms with Gasteiger partial charge in [0, 0.05) is 12.8 Å². The molecule has 4 unspecified atom stereocenters. The van der Waals surface area contributed by atoms with Crippen molar-refractivity contribution in [2.24, 2.45) is 28.6 Å². The van der Waals surface area contributed by atoms with Crippen molar-refractivity contribution < 1.29 is 4.79 Å². The molecule has 4 atom stereocenters. The van der Waals surface area contributed by atoms with Gasteiger partial charge < -0.3 is 0 Å². The first-order valence-electron chi connectivity index (χ1n) is 9.16. The SMILES string of the molecule is CC1(C)CCC2=C1CCC1C2CCC2CC(=O)CCC21C. The van der Waals surface area contributed by atoms with Crippen molar-refractivity contribution in [3.8, 4) is 0 Å². The summed E-state index contributed by atoms with van der Waals surface area (Å²) in [6.45, 7) is 7.46. The maximum Gasteiger partial charge on any atom is 0.133 e. The van der Waals surface area contributed by atoms with Crippen LogP contribution in [0.2, 0.25) is 0 Å². The lowest BCUT2D eigenvalue weighted by atomic mass is 9.49. The van der Waals surface area contributed by atoms with Gasteiger partial charge in [-0.05, 0) is 73.5 Å². The Bertz CT molecular complexity index is 512. The normalized spacial score (nSPS) is 45.1. The van der Waals surface area contributed by atoms with Crippen LogP contribution in [0.5, 0.6) is 0 Å². The molecule has 0 spiro atoms. The largest absolute Gasteiger partial charge is 0.300 e. The molecule has 2 saturated carbocycles. The van der Waals surface area contributed by atoms with Crippen LogP contribution in [0.1, 0.15) is 78.6 Å². The molecule has 0 aliphatic heterocycles. The molecule has 4 aliphatic carbocycles. The summed E-state index contributed by atoms with van der Waals surface area (Å²) in [5.41, 5.74) is 4.63. The first-order chi connectivity index (χ1) is 9.92. The molecule has 1 nitrogen and oxygen atoms in total. The highest BCUT2D eigenvalue weighted by Crippen LogP contribution is 2.63. The molecule has 0 saturated heterocycles. The summed E-state index contributed by atoms with van der Waals surface area (Å²) in [6.07, 6.45) is 11.1. The quantitative estimate of drug-likeness (QED) is 0.552. The summed E-state index contributed by atoms with van der Waals surface area (Å²) in [4.78, 5) is 11.9. The van der Waals surface area contributed by atoms with Crippen LogP contribution in [-0.2, 0) is 4.79 Å². The molecular weight excluding hydrogens is 256 g/mol. The van der Waals surface area contributed by atoms with Crippen LogP contribution >= 0.6 is 0 Å². The Kier molecular flexibility index (Phi) is 2.98. The van der Waals surface area contributed by atoms with E-state index in [1.165, 1.54) is 44.9 Å². The first-order valence-corrected chi connectivity index (χ1v) is 9.16. The molecule has 21 heavy (non-hydrogen) atoms. The molecule has 0 N–H and O–H groups in total. The molecule has 4 aliphatic rings. The summed E-state index contributed by atoms with van der Waals surface area (Å²) in [7, 11) is 0. The van der Waals surface area contributed by atoms with E-state index in [2.05, 4.69) is 20.8 Å². The second kappa shape index (κ2) is 4.46. The average Bonchev–Trinajstić information content (AvgIpc) is 2.76. The molecule has 0 bridgehead atoms. The van der Waals surface area contributed by atoms with Gasteiger partial charge in [0.1, 0.15) is 5.78 Å². The lowest BCUT2D eigenvalue weighted by Gasteiger charge is -2.55. The number of rotatable bonds is 0. The third kappa shape index (κ3) is 1.92. The van der Waals surface area contributed by atoms with Gasteiger partial charge in [-0.2, -0.15) is 0 Å². The van der Waals surface area contributed by atoms with Crippen molar-refractivity contribution in [2.75, 3.05) is 0 Å². The smallest absolute Gasteiger partial charge is 0.133 e. The minimum Gasteiger partial charge on any atom is -0.300 e. The predicted molar refractivity (Wildman–Crippen MR) is 85.9 cm³/mol. The van der Waals surface area contributed by atoms with Crippen molar-refractivity contribution in [2.45, 2.75) is 78.6 Å². The molecule has 0 aromatic rings. The van der Waals surface area contributed by atoms with Gasteiger partial charge in [-0.1, -0.05) is 31.9 Å². The number of carbonyl (C=O) groups excluding carboxylic acids is 1. The van der Waals surface area contributed by atoms with Crippen molar-refractivity contribution in [3.05, 3.63) is 11.1 Å². The Morgan fingerprint density at radius 1 is 0.952 bits per heavy atom. The molecule has 116 valence electrons. The van der Waals surface area contributed by atoms with E-state index in [9.17, 15) is 4.79 Å². The summed E-state index contributed by atoms with van der Waals surface area (Å²) < 4.78 is 0. The van der Waals surface area contributed by atoms with E-state index < -0.39 is 0 Å². The lowest BCUT2D eigenvalue weighted by Crippen LogP contribution is -2.48. The zero-order valence-corrected chi connectivity index (χ0v) is 14.0. The van der Waals surface area contributed by atoms with E-state index in [-0.39, 0.29) is 0 Å². The molecular formula is C20H30O. The van der Waals surface area contributed by atoms with E-state index >= 15 is 0 Å². The van der Waals surface area contributed by atoms with Crippen molar-refractivity contribution in [1.29, 1.82) is 0 Å². The molecule has 0 amide bonds. The third-order valence-corrected chi connectivity index (χ3v) is 7.88. The average molecular weight is 286 g/mol. The Hall–Kier alpha value is -0.590. The van der Waals surface area contributed by atoms with Gasteiger partial charge in [0.05, 0.1) is 0 Å². The van der Waals surface area contributed by atoms with Crippen molar-refractivity contribution in [1.82, 2.24) is 0 Å². The maximum absolute atomic E-state index is 11.9. The fraction of sp³-hybridized carbons (Fsp3) is 0.850. The topological polar surface area (TPSA) is 17.1 Å². The minimum atomic E-state index is 0.460. The second-order valence-electron chi connectivity index (χ2n) is 9.16. The minimum absolute atomic E-state index is 0.460. The van der Waals surface area contributed by atoms with Gasteiger partial charge in [-0.25, -0.2) is 0 Å². The summed E-state index contributed by atoms with van der Waals surface area (Å²) >= 11 is 0. The Morgan fingerprint density at radius 3 is 2.57 bits per heavy atom. The Morgan fingerprint density at radius 2 is 1.76 bits per heavy atom. The summed E-state index contributed by atoms with van der Waals surface area (Å²) in [5, 5.41) is 0. The van der Waals surface area contributed by atoms with E-state index in [1.54, 1.807) is 0 Å². The first kappa shape index (κ1) is 14.0. The van der Waals surface area contributed by atoms with Crippen LogP contribution in [0.3, 0.4) is 0 Å². The number of ketones is 1. The van der Waals surface area contributed by atoms with Crippen LogP contribution in [0.4, 0.5) is 0 Å². The number of carbonyl (C=O) groups is 1. The maximum atomic E-state index is 11.9. The van der Waals surface area contributed by atoms with E-state index in [4.69, 9.17) is 0 Å². The Balaban J connectivity index is 1.68. The van der Waals surface area contributed by atoms with E-state index in [0.29, 0.717) is 22.5 Å². The van der Waals surface area contributed by atoms with Gasteiger partial charge >= 0.3 is 0 Å². The van der Waals surface area contributed by atoms with Crippen LogP contribution < -0.4 is 0 Å². The zero-order valence-electron chi connectivity index (χ0n) is 14.0. The van der Waals surface area contributed by atoms with Crippen molar-refractivity contribution >= 4 is 5.78 Å². The van der Waals surface area contributed by atoms with Crippen LogP contribution in [0.25, 0.3) is 0 Å². The number of hydrogen-bond acceptors (Lipinski definition) is 1. The van der Waals surface area contributed by atoms with E-state index in [1.807, 2.05) is 11.1 Å². The van der Waals surface area contributed by atoms with Crippen LogP contribution in [-0.4, -0.2) is 5.78 Å². The number of Topliss-reactive ketones (excluding diaryl/α,β-unsaturated/α-hetero) is 1. The number of fused-ring (bicyclic) bond motifs is 4. The Labute approximate surface area is 129 Å². The van der Waals surface area contributed by atoms with Gasteiger partial charge in [-0.15, -0.1) is 0 Å². The molecule has 2 fully saturated rings. The highest BCUT2D eigenvalue weighted by atomic mass is 16.1. The zero-order chi connectivity index (χ0) is 14.8. The lowest BCUT2D eigenvalue weighted by molar-refractivity contribution is -0.129. The van der Waals surface area contributed by atoms with Gasteiger partial charge in [0.2, 0.25) is 0 Å². The highest BCUT2D eigenvalue weighted by molar-refractivity contribution is 5.79. The molecule has 0 radical (unpaired) electrons. The molecule has 0 heterocycles. The monoisotopic (exact) mass is 286 g/mol. The standard InChI is InChI=1S/C20H30O/c1-19(2)10-9-16-15-5-4-13-12-14(21)8-11-20(13,3)18(15)7-6-17(16)19/h13,15,18H,4-12H2,1-3H3. The number of hydrogen-bond donors (Lipinski definition) is 0. The summed E-state index contributed by atoms with van der Waals surface area (Å²) in [6, 6.07) is 0. The number of allylic oxidation sites excluding steroid dienone is 2. The molecule has 1 heteroatoms. The van der Waals surface area contributed by atoms with Crippen molar-refractivity contribution in [3.63, 3.8) is 0 Å². The second-order valence-corrected chi connectivity index (χ2v) is 9.16.